The highest BCUT2D eigenvalue weighted by Crippen LogP contribution is 2.40. The van der Waals surface area contributed by atoms with Gasteiger partial charge in [-0.1, -0.05) is 0 Å². The first-order valence-electron chi connectivity index (χ1n) is 11.0. The van der Waals surface area contributed by atoms with Crippen LogP contribution in [0, 0.1) is 5.41 Å². The second-order valence-electron chi connectivity index (χ2n) is 8.59. The van der Waals surface area contributed by atoms with E-state index in [1.807, 2.05) is 27.8 Å². The summed E-state index contributed by atoms with van der Waals surface area (Å²) in [5, 5.41) is 3.95. The van der Waals surface area contributed by atoms with Crippen LogP contribution in [-0.2, 0) is 9.59 Å². The Morgan fingerprint density at radius 1 is 1.00 bits per heavy atom. The summed E-state index contributed by atoms with van der Waals surface area (Å²) in [5.41, 5.74) is 1.03. The topological polar surface area (TPSA) is 59.1 Å². The second kappa shape index (κ2) is 10.1. The van der Waals surface area contributed by atoms with Crippen molar-refractivity contribution in [3.05, 3.63) is 52.7 Å². The first kappa shape index (κ1) is 24.1. The highest BCUT2D eigenvalue weighted by Gasteiger charge is 2.42. The average molecular weight is 495 g/mol. The Labute approximate surface area is 199 Å². The third kappa shape index (κ3) is 6.31. The van der Waals surface area contributed by atoms with Gasteiger partial charge in [0.2, 0.25) is 5.91 Å². The number of hydrogen-bond acceptors (Lipinski definition) is 5. The Balaban J connectivity index is 1.22. The van der Waals surface area contributed by atoms with Gasteiger partial charge in [-0.3, -0.25) is 9.59 Å². The molecule has 2 amide bonds. The van der Waals surface area contributed by atoms with Crippen molar-refractivity contribution in [3.63, 3.8) is 0 Å². The van der Waals surface area contributed by atoms with Crippen LogP contribution in [0.25, 0.3) is 6.08 Å². The fraction of sp³-hybridized carbons (Fsp3) is 0.417. The van der Waals surface area contributed by atoms with Crippen molar-refractivity contribution in [2.75, 3.05) is 32.8 Å². The number of ether oxygens (including phenoxy) is 2. The van der Waals surface area contributed by atoms with Crippen molar-refractivity contribution in [2.45, 2.75) is 25.6 Å². The van der Waals surface area contributed by atoms with Gasteiger partial charge in [-0.25, -0.2) is 0 Å². The van der Waals surface area contributed by atoms with Gasteiger partial charge in [0.1, 0.15) is 11.5 Å². The van der Waals surface area contributed by atoms with Crippen LogP contribution in [0.2, 0.25) is 0 Å². The van der Waals surface area contributed by atoms with Gasteiger partial charge in [0.25, 0.3) is 5.91 Å². The van der Waals surface area contributed by atoms with Crippen LogP contribution >= 0.6 is 11.3 Å². The molecule has 34 heavy (non-hydrogen) atoms. The van der Waals surface area contributed by atoms with Gasteiger partial charge in [0.05, 0.1) is 0 Å². The number of alkyl halides is 3. The Bertz CT molecular complexity index is 1010. The fourth-order valence-electron chi connectivity index (χ4n) is 4.37. The lowest BCUT2D eigenvalue weighted by Crippen LogP contribution is -2.44. The molecule has 2 aromatic rings. The van der Waals surface area contributed by atoms with Crippen LogP contribution in [-0.4, -0.2) is 60.8 Å². The predicted octanol–water partition coefficient (Wildman–Crippen LogP) is 4.58. The molecule has 1 spiro atoms. The normalized spacial score (nSPS) is 18.0. The maximum absolute atomic E-state index is 12.6. The summed E-state index contributed by atoms with van der Waals surface area (Å²) in [6, 6.07) is 6.91. The largest absolute Gasteiger partial charge is 0.573 e. The number of likely N-dealkylation sites (tertiary alicyclic amines) is 2. The van der Waals surface area contributed by atoms with Crippen molar-refractivity contribution >= 4 is 29.2 Å². The molecule has 0 saturated carbocycles. The maximum atomic E-state index is 12.6. The maximum Gasteiger partial charge on any atom is 0.573 e. The zero-order valence-corrected chi connectivity index (χ0v) is 19.2. The number of nitrogens with zero attached hydrogens (tertiary/aromatic N) is 2. The quantitative estimate of drug-likeness (QED) is 0.552. The molecule has 2 saturated heterocycles. The van der Waals surface area contributed by atoms with Crippen LogP contribution in [0.1, 0.15) is 24.8 Å². The molecule has 0 unspecified atom stereocenters. The Kier molecular flexibility index (Phi) is 7.16. The van der Waals surface area contributed by atoms with Gasteiger partial charge in [0, 0.05) is 32.3 Å². The van der Waals surface area contributed by atoms with E-state index >= 15 is 0 Å². The molecule has 0 radical (unpaired) electrons. The Morgan fingerprint density at radius 3 is 2.26 bits per heavy atom. The molecule has 1 aromatic heterocycles. The summed E-state index contributed by atoms with van der Waals surface area (Å²) in [7, 11) is 0. The monoisotopic (exact) mass is 494 g/mol. The SMILES string of the molecule is O=C(C=Cc1ccsc1)N1CCC2(CC1)CCN(C(=O)COc1ccc(OC(F)(F)F)cc1)C2. The molecule has 2 aliphatic heterocycles. The molecule has 10 heteroatoms. The molecular weight excluding hydrogens is 469 g/mol. The lowest BCUT2D eigenvalue weighted by Gasteiger charge is -2.38. The molecule has 0 N–H and O–H groups in total. The minimum absolute atomic E-state index is 0.00651. The lowest BCUT2D eigenvalue weighted by atomic mass is 9.78. The smallest absolute Gasteiger partial charge is 0.484 e. The molecule has 1 aromatic carbocycles. The van der Waals surface area contributed by atoms with Crippen LogP contribution < -0.4 is 9.47 Å². The van der Waals surface area contributed by atoms with E-state index in [0.29, 0.717) is 31.9 Å². The first-order valence-corrected chi connectivity index (χ1v) is 11.9. The van der Waals surface area contributed by atoms with Crippen LogP contribution in [0.4, 0.5) is 13.2 Å². The zero-order chi connectivity index (χ0) is 24.2. The summed E-state index contributed by atoms with van der Waals surface area (Å²) in [4.78, 5) is 28.7. The van der Waals surface area contributed by atoms with Crippen LogP contribution in [0.5, 0.6) is 11.5 Å². The van der Waals surface area contributed by atoms with Crippen molar-refractivity contribution in [1.82, 2.24) is 9.80 Å². The zero-order valence-electron chi connectivity index (χ0n) is 18.4. The van der Waals surface area contributed by atoms with Crippen LogP contribution in [0.15, 0.2) is 47.2 Å². The molecule has 182 valence electrons. The van der Waals surface area contributed by atoms with Gasteiger partial charge >= 0.3 is 6.36 Å². The Morgan fingerprint density at radius 2 is 1.65 bits per heavy atom. The molecule has 4 rings (SSSR count). The van der Waals surface area contributed by atoms with E-state index in [4.69, 9.17) is 4.74 Å². The lowest BCUT2D eigenvalue weighted by molar-refractivity contribution is -0.274. The third-order valence-electron chi connectivity index (χ3n) is 6.31. The first-order chi connectivity index (χ1) is 16.2. The molecule has 2 fully saturated rings. The summed E-state index contributed by atoms with van der Waals surface area (Å²) >= 11 is 1.59. The van der Waals surface area contributed by atoms with E-state index in [1.165, 1.54) is 12.1 Å². The van der Waals surface area contributed by atoms with Crippen molar-refractivity contribution in [2.24, 2.45) is 5.41 Å². The number of hydrogen-bond donors (Lipinski definition) is 0. The minimum Gasteiger partial charge on any atom is -0.484 e. The number of carbonyl (C=O) groups excluding carboxylic acids is 2. The van der Waals surface area contributed by atoms with E-state index < -0.39 is 6.36 Å². The van der Waals surface area contributed by atoms with E-state index in [1.54, 1.807) is 22.3 Å². The van der Waals surface area contributed by atoms with E-state index in [9.17, 15) is 22.8 Å². The third-order valence-corrected chi connectivity index (χ3v) is 7.01. The number of rotatable bonds is 6. The number of benzene rings is 1. The standard InChI is InChI=1S/C24H25F3N2O4S/c25-24(26,27)33-20-4-2-19(3-5-20)32-15-22(31)29-13-10-23(17-29)8-11-28(12-9-23)21(30)6-1-18-7-14-34-16-18/h1-7,14,16H,8-13,15,17H2. The molecular formula is C24H25F3N2O4S. The van der Waals surface area contributed by atoms with E-state index in [2.05, 4.69) is 4.74 Å². The van der Waals surface area contributed by atoms with E-state index in [-0.39, 0.29) is 29.6 Å². The molecule has 6 nitrogen and oxygen atoms in total. The predicted molar refractivity (Wildman–Crippen MR) is 121 cm³/mol. The number of amides is 2. The van der Waals surface area contributed by atoms with Gasteiger partial charge in [-0.15, -0.1) is 13.2 Å². The van der Waals surface area contributed by atoms with Gasteiger partial charge < -0.3 is 19.3 Å². The summed E-state index contributed by atoms with van der Waals surface area (Å²) in [6.07, 6.45) is 1.26. The van der Waals surface area contributed by atoms with Crippen molar-refractivity contribution in [1.29, 1.82) is 0 Å². The highest BCUT2D eigenvalue weighted by atomic mass is 32.1. The Hall–Kier alpha value is -3.01. The molecule has 3 heterocycles. The molecule has 0 aliphatic carbocycles. The number of halogens is 3. The number of carbonyl (C=O) groups is 2. The van der Waals surface area contributed by atoms with Crippen molar-refractivity contribution < 1.29 is 32.2 Å². The second-order valence-corrected chi connectivity index (χ2v) is 9.37. The number of piperidine rings is 1. The van der Waals surface area contributed by atoms with E-state index in [0.717, 1.165) is 37.0 Å². The average Bonchev–Trinajstić information content (AvgIpc) is 3.47. The number of thiophene rings is 1. The minimum atomic E-state index is -4.76. The van der Waals surface area contributed by atoms with Gasteiger partial charge in [0.15, 0.2) is 6.61 Å². The van der Waals surface area contributed by atoms with Crippen LogP contribution in [0.3, 0.4) is 0 Å². The summed E-state index contributed by atoms with van der Waals surface area (Å²) in [5.74, 6) is -0.213. The highest BCUT2D eigenvalue weighted by molar-refractivity contribution is 7.08. The molecule has 0 atom stereocenters. The summed E-state index contributed by atoms with van der Waals surface area (Å²) in [6.45, 7) is 2.40. The summed E-state index contributed by atoms with van der Waals surface area (Å²) < 4.78 is 46.0. The fourth-order valence-corrected chi connectivity index (χ4v) is 5.00. The molecule has 0 bridgehead atoms. The van der Waals surface area contributed by atoms with Gasteiger partial charge in [-0.2, -0.15) is 11.3 Å². The van der Waals surface area contributed by atoms with Gasteiger partial charge in [-0.05, 0) is 77.4 Å². The van der Waals surface area contributed by atoms with Crippen molar-refractivity contribution in [3.8, 4) is 11.5 Å². The molecule has 2 aliphatic rings.